The number of pyridine rings is 1. The molecule has 0 saturated heterocycles. The van der Waals surface area contributed by atoms with Crippen LogP contribution >= 0.6 is 0 Å². The monoisotopic (exact) mass is 481 g/mol. The number of carbonyl (C=O) groups is 1. The molecule has 1 amide bonds. The molecule has 2 heterocycles. The second-order valence-corrected chi connectivity index (χ2v) is 10.3. The van der Waals surface area contributed by atoms with E-state index in [1.807, 2.05) is 59.5 Å². The van der Waals surface area contributed by atoms with Gasteiger partial charge in [-0.2, -0.15) is 5.10 Å². The maximum atomic E-state index is 13.3. The number of nitrogens with zero attached hydrogens (tertiary/aromatic N) is 3. The van der Waals surface area contributed by atoms with E-state index in [4.69, 9.17) is 0 Å². The maximum absolute atomic E-state index is 13.3. The number of amides is 1. The van der Waals surface area contributed by atoms with Gasteiger partial charge in [0.15, 0.2) is 0 Å². The van der Waals surface area contributed by atoms with Gasteiger partial charge in [0.1, 0.15) is 11.9 Å². The molecule has 0 aliphatic rings. The summed E-state index contributed by atoms with van der Waals surface area (Å²) in [6.45, 7) is 11.2. The topological polar surface area (TPSA) is 71.8 Å². The first-order chi connectivity index (χ1) is 17.2. The van der Waals surface area contributed by atoms with Crippen LogP contribution in [-0.2, 0) is 10.3 Å². The molecule has 0 bridgehead atoms. The van der Waals surface area contributed by atoms with Gasteiger partial charge in [-0.15, -0.1) is 0 Å². The smallest absolute Gasteiger partial charge is 0.247 e. The lowest BCUT2D eigenvalue weighted by Gasteiger charge is -2.21. The number of hydrogen-bond acceptors (Lipinski definition) is 4. The van der Waals surface area contributed by atoms with Crippen LogP contribution in [0.1, 0.15) is 56.3 Å². The second kappa shape index (κ2) is 10.9. The van der Waals surface area contributed by atoms with Gasteiger partial charge in [0.2, 0.25) is 5.91 Å². The molecule has 0 aliphatic heterocycles. The SMILES string of the molecule is Cc1ccc([C@H](C)CN[C@H](C(=O)Nc2ccc(-c3cnn(C(C)(C)C)c3)cn2)c2ccccc2)cc1. The average molecular weight is 482 g/mol. The Morgan fingerprint density at radius 2 is 1.64 bits per heavy atom. The number of hydrogen-bond donors (Lipinski definition) is 2. The first-order valence-electron chi connectivity index (χ1n) is 12.4. The van der Waals surface area contributed by atoms with Crippen molar-refractivity contribution in [2.24, 2.45) is 0 Å². The molecule has 36 heavy (non-hydrogen) atoms. The van der Waals surface area contributed by atoms with E-state index in [1.54, 1.807) is 6.20 Å². The Morgan fingerprint density at radius 3 is 2.25 bits per heavy atom. The van der Waals surface area contributed by atoms with Gasteiger partial charge in [-0.05, 0) is 56.9 Å². The van der Waals surface area contributed by atoms with Crippen LogP contribution in [0.4, 0.5) is 5.82 Å². The lowest BCUT2D eigenvalue weighted by Crippen LogP contribution is -2.35. The van der Waals surface area contributed by atoms with Crippen LogP contribution in [0.5, 0.6) is 0 Å². The third kappa shape index (κ3) is 6.26. The number of benzene rings is 2. The molecule has 4 rings (SSSR count). The van der Waals surface area contributed by atoms with Crippen molar-refractivity contribution in [3.8, 4) is 11.1 Å². The van der Waals surface area contributed by atoms with E-state index >= 15 is 0 Å². The number of aromatic nitrogens is 3. The van der Waals surface area contributed by atoms with Crippen molar-refractivity contribution in [2.75, 3.05) is 11.9 Å². The van der Waals surface area contributed by atoms with E-state index in [-0.39, 0.29) is 17.4 Å². The summed E-state index contributed by atoms with van der Waals surface area (Å²) < 4.78 is 1.94. The van der Waals surface area contributed by atoms with Gasteiger partial charge < -0.3 is 10.6 Å². The van der Waals surface area contributed by atoms with E-state index in [0.717, 1.165) is 16.7 Å². The van der Waals surface area contributed by atoms with Crippen molar-refractivity contribution < 1.29 is 4.79 Å². The van der Waals surface area contributed by atoms with Crippen LogP contribution in [0.3, 0.4) is 0 Å². The van der Waals surface area contributed by atoms with Crippen LogP contribution in [0.2, 0.25) is 0 Å². The highest BCUT2D eigenvalue weighted by atomic mass is 16.2. The average Bonchev–Trinajstić information content (AvgIpc) is 3.37. The van der Waals surface area contributed by atoms with Gasteiger partial charge in [0.05, 0.1) is 11.7 Å². The molecule has 0 fully saturated rings. The largest absolute Gasteiger partial charge is 0.309 e. The fourth-order valence-corrected chi connectivity index (χ4v) is 3.99. The minimum absolute atomic E-state index is 0.0873. The standard InChI is InChI=1S/C30H35N5O/c1-21-11-13-23(14-12-21)22(2)17-32-28(24-9-7-6-8-10-24)29(36)34-27-16-15-25(18-31-27)26-19-33-35(20-26)30(3,4)5/h6-16,18-20,22,28,32H,17H2,1-5H3,(H,31,34,36)/t22-,28+/m1/s1. The maximum Gasteiger partial charge on any atom is 0.247 e. The number of anilines is 1. The fourth-order valence-electron chi connectivity index (χ4n) is 3.99. The van der Waals surface area contributed by atoms with Gasteiger partial charge in [-0.25, -0.2) is 4.98 Å². The molecule has 186 valence electrons. The zero-order chi connectivity index (χ0) is 25.7. The molecular formula is C30H35N5O. The predicted octanol–water partition coefficient (Wildman–Crippen LogP) is 6.08. The van der Waals surface area contributed by atoms with Crippen LogP contribution in [0.25, 0.3) is 11.1 Å². The summed E-state index contributed by atoms with van der Waals surface area (Å²) in [4.78, 5) is 17.8. The first kappa shape index (κ1) is 25.3. The van der Waals surface area contributed by atoms with Crippen molar-refractivity contribution in [2.45, 2.75) is 52.1 Å². The molecule has 2 aromatic carbocycles. The Balaban J connectivity index is 1.46. The molecule has 2 aromatic heterocycles. The summed E-state index contributed by atoms with van der Waals surface area (Å²) >= 11 is 0. The Kier molecular flexibility index (Phi) is 7.65. The first-order valence-corrected chi connectivity index (χ1v) is 12.4. The normalized spacial score (nSPS) is 13.2. The zero-order valence-electron chi connectivity index (χ0n) is 21.7. The van der Waals surface area contributed by atoms with Gasteiger partial charge in [-0.3, -0.25) is 9.48 Å². The van der Waals surface area contributed by atoms with Crippen molar-refractivity contribution in [1.82, 2.24) is 20.1 Å². The van der Waals surface area contributed by atoms with E-state index in [1.165, 1.54) is 11.1 Å². The molecule has 0 saturated carbocycles. The van der Waals surface area contributed by atoms with Gasteiger partial charge in [0, 0.05) is 30.1 Å². The van der Waals surface area contributed by atoms with E-state index in [2.05, 4.69) is 79.6 Å². The van der Waals surface area contributed by atoms with Crippen LogP contribution in [0, 0.1) is 6.92 Å². The van der Waals surface area contributed by atoms with Crippen molar-refractivity contribution in [1.29, 1.82) is 0 Å². The second-order valence-electron chi connectivity index (χ2n) is 10.3. The Hall–Kier alpha value is -3.77. The highest BCUT2D eigenvalue weighted by molar-refractivity contribution is 5.95. The van der Waals surface area contributed by atoms with Crippen molar-refractivity contribution in [3.63, 3.8) is 0 Å². The molecule has 4 aromatic rings. The summed E-state index contributed by atoms with van der Waals surface area (Å²) in [6, 6.07) is 21.6. The molecule has 0 radical (unpaired) electrons. The quantitative estimate of drug-likeness (QED) is 0.320. The molecule has 2 N–H and O–H groups in total. The minimum atomic E-state index is -0.495. The molecule has 0 unspecified atom stereocenters. The lowest BCUT2D eigenvalue weighted by atomic mass is 9.98. The number of rotatable bonds is 8. The summed E-state index contributed by atoms with van der Waals surface area (Å²) in [6.07, 6.45) is 5.62. The van der Waals surface area contributed by atoms with Gasteiger partial charge in [0.25, 0.3) is 0 Å². The third-order valence-electron chi connectivity index (χ3n) is 6.29. The minimum Gasteiger partial charge on any atom is -0.309 e. The zero-order valence-corrected chi connectivity index (χ0v) is 21.7. The Bertz CT molecular complexity index is 1270. The lowest BCUT2D eigenvalue weighted by molar-refractivity contribution is -0.118. The highest BCUT2D eigenvalue weighted by Crippen LogP contribution is 2.23. The fraction of sp³-hybridized carbons (Fsp3) is 0.300. The number of carbonyl (C=O) groups excluding carboxylic acids is 1. The summed E-state index contributed by atoms with van der Waals surface area (Å²) in [7, 11) is 0. The summed E-state index contributed by atoms with van der Waals surface area (Å²) in [5.74, 6) is 0.635. The molecular weight excluding hydrogens is 446 g/mol. The predicted molar refractivity (Wildman–Crippen MR) is 146 cm³/mol. The molecule has 6 nitrogen and oxygen atoms in total. The Morgan fingerprint density at radius 1 is 0.917 bits per heavy atom. The van der Waals surface area contributed by atoms with Crippen LogP contribution in [-0.4, -0.2) is 27.2 Å². The number of nitrogens with one attached hydrogen (secondary N) is 2. The van der Waals surface area contributed by atoms with Crippen molar-refractivity contribution >= 4 is 11.7 Å². The van der Waals surface area contributed by atoms with Gasteiger partial charge >= 0.3 is 0 Å². The van der Waals surface area contributed by atoms with Gasteiger partial charge in [-0.1, -0.05) is 67.1 Å². The van der Waals surface area contributed by atoms with E-state index < -0.39 is 6.04 Å². The third-order valence-corrected chi connectivity index (χ3v) is 6.29. The molecule has 6 heteroatoms. The van der Waals surface area contributed by atoms with E-state index in [0.29, 0.717) is 12.4 Å². The number of aryl methyl sites for hydroxylation is 1. The summed E-state index contributed by atoms with van der Waals surface area (Å²) in [5.41, 5.74) is 5.25. The van der Waals surface area contributed by atoms with Crippen molar-refractivity contribution in [3.05, 3.63) is 102 Å². The Labute approximate surface area is 213 Å². The molecule has 0 spiro atoms. The van der Waals surface area contributed by atoms with E-state index in [9.17, 15) is 4.79 Å². The van der Waals surface area contributed by atoms with Crippen LogP contribution < -0.4 is 10.6 Å². The highest BCUT2D eigenvalue weighted by Gasteiger charge is 2.22. The molecule has 2 atom stereocenters. The van der Waals surface area contributed by atoms with Crippen LogP contribution in [0.15, 0.2) is 85.3 Å². The molecule has 0 aliphatic carbocycles. The summed E-state index contributed by atoms with van der Waals surface area (Å²) in [5, 5.41) is 10.9.